The van der Waals surface area contributed by atoms with E-state index in [1.54, 1.807) is 11.0 Å². The normalized spacial score (nSPS) is 14.6. The topological polar surface area (TPSA) is 102 Å². The molecule has 1 aliphatic heterocycles. The number of rotatable bonds is 3. The lowest BCUT2D eigenvalue weighted by Gasteiger charge is -2.17. The van der Waals surface area contributed by atoms with Crippen LogP contribution in [0.3, 0.4) is 0 Å². The highest BCUT2D eigenvalue weighted by Gasteiger charge is 2.25. The number of anilines is 1. The average Bonchev–Trinajstić information content (AvgIpc) is 2.90. The van der Waals surface area contributed by atoms with E-state index >= 15 is 0 Å². The van der Waals surface area contributed by atoms with Gasteiger partial charge in [-0.3, -0.25) is 20.8 Å². The Balaban J connectivity index is 2.40. The van der Waals surface area contributed by atoms with E-state index in [0.717, 1.165) is 12.8 Å². The summed E-state index contributed by atoms with van der Waals surface area (Å²) < 4.78 is 0. The van der Waals surface area contributed by atoms with E-state index in [2.05, 4.69) is 5.43 Å². The summed E-state index contributed by atoms with van der Waals surface area (Å²) in [6.07, 6.45) is 1.93. The van der Waals surface area contributed by atoms with E-state index in [4.69, 9.17) is 5.84 Å². The monoisotopic (exact) mass is 250 g/mol. The molecule has 18 heavy (non-hydrogen) atoms. The van der Waals surface area contributed by atoms with Crippen molar-refractivity contribution in [3.05, 3.63) is 33.9 Å². The summed E-state index contributed by atoms with van der Waals surface area (Å²) in [7, 11) is 0. The Morgan fingerprint density at radius 1 is 1.39 bits per heavy atom. The Bertz CT molecular complexity index is 483. The van der Waals surface area contributed by atoms with Crippen molar-refractivity contribution >= 4 is 17.3 Å². The number of benzene rings is 1. The van der Waals surface area contributed by atoms with Crippen molar-refractivity contribution < 1.29 is 9.72 Å². The number of hydrogen-bond acceptors (Lipinski definition) is 5. The van der Waals surface area contributed by atoms with E-state index in [1.807, 2.05) is 0 Å². The zero-order chi connectivity index (χ0) is 13.1. The van der Waals surface area contributed by atoms with Gasteiger partial charge in [0, 0.05) is 19.2 Å². The van der Waals surface area contributed by atoms with E-state index in [1.165, 1.54) is 12.1 Å². The molecule has 1 aromatic rings. The third-order valence-electron chi connectivity index (χ3n) is 3.01. The quantitative estimate of drug-likeness (QED) is 0.475. The number of para-hydroxylation sites is 1. The number of nitro groups is 1. The minimum atomic E-state index is -0.560. The number of nitrogen functional groups attached to an aromatic ring is 1. The summed E-state index contributed by atoms with van der Waals surface area (Å²) >= 11 is 0. The van der Waals surface area contributed by atoms with Crippen LogP contribution in [0.2, 0.25) is 0 Å². The number of likely N-dealkylation sites (tertiary alicyclic amines) is 1. The van der Waals surface area contributed by atoms with Gasteiger partial charge in [0.05, 0.1) is 10.5 Å². The molecule has 3 N–H and O–H groups in total. The molecule has 7 heteroatoms. The van der Waals surface area contributed by atoms with E-state index < -0.39 is 4.92 Å². The Morgan fingerprint density at radius 2 is 2.06 bits per heavy atom. The number of nitro benzene ring substituents is 1. The molecule has 1 aliphatic rings. The van der Waals surface area contributed by atoms with Crippen LogP contribution in [0.5, 0.6) is 0 Å². The number of nitrogens with two attached hydrogens (primary N) is 1. The highest BCUT2D eigenvalue weighted by molar-refractivity contribution is 6.01. The number of nitrogens with zero attached hydrogens (tertiary/aromatic N) is 2. The first kappa shape index (κ1) is 12.3. The van der Waals surface area contributed by atoms with Gasteiger partial charge in [-0.05, 0) is 18.9 Å². The van der Waals surface area contributed by atoms with Crippen LogP contribution in [0.25, 0.3) is 0 Å². The maximum atomic E-state index is 12.2. The Kier molecular flexibility index (Phi) is 3.42. The SMILES string of the molecule is NNc1c(C(=O)N2CCCC2)cccc1[N+](=O)[O-]. The smallest absolute Gasteiger partial charge is 0.294 e. The molecular weight excluding hydrogens is 236 g/mol. The molecule has 0 aliphatic carbocycles. The molecule has 1 fully saturated rings. The van der Waals surface area contributed by atoms with Crippen LogP contribution in [-0.2, 0) is 0 Å². The molecule has 0 spiro atoms. The first-order valence-corrected chi connectivity index (χ1v) is 5.68. The van der Waals surface area contributed by atoms with Crippen LogP contribution in [0.4, 0.5) is 11.4 Å². The average molecular weight is 250 g/mol. The predicted molar refractivity (Wildman–Crippen MR) is 66.0 cm³/mol. The maximum absolute atomic E-state index is 12.2. The molecular formula is C11H14N4O3. The molecule has 0 saturated carbocycles. The Hall–Kier alpha value is -2.15. The van der Waals surface area contributed by atoms with Crippen molar-refractivity contribution in [2.24, 2.45) is 5.84 Å². The van der Waals surface area contributed by atoms with E-state index in [0.29, 0.717) is 13.1 Å². The number of carbonyl (C=O) groups excluding carboxylic acids is 1. The van der Waals surface area contributed by atoms with Crippen molar-refractivity contribution in [2.45, 2.75) is 12.8 Å². The summed E-state index contributed by atoms with van der Waals surface area (Å²) in [5, 5.41) is 10.9. The van der Waals surface area contributed by atoms with Crippen LogP contribution >= 0.6 is 0 Å². The second-order valence-corrected chi connectivity index (χ2v) is 4.10. The van der Waals surface area contributed by atoms with Crippen LogP contribution in [-0.4, -0.2) is 28.8 Å². The van der Waals surface area contributed by atoms with Gasteiger partial charge in [0.15, 0.2) is 0 Å². The number of hydrogen-bond donors (Lipinski definition) is 2. The van der Waals surface area contributed by atoms with Crippen molar-refractivity contribution in [1.29, 1.82) is 0 Å². The fourth-order valence-corrected chi connectivity index (χ4v) is 2.11. The fourth-order valence-electron chi connectivity index (χ4n) is 2.11. The second-order valence-electron chi connectivity index (χ2n) is 4.10. The van der Waals surface area contributed by atoms with Crippen molar-refractivity contribution in [2.75, 3.05) is 18.5 Å². The van der Waals surface area contributed by atoms with Gasteiger partial charge in [-0.15, -0.1) is 0 Å². The molecule has 1 aromatic carbocycles. The summed E-state index contributed by atoms with van der Waals surface area (Å²) in [5.41, 5.74) is 2.38. The van der Waals surface area contributed by atoms with Crippen LogP contribution in [0.15, 0.2) is 18.2 Å². The highest BCUT2D eigenvalue weighted by Crippen LogP contribution is 2.28. The highest BCUT2D eigenvalue weighted by atomic mass is 16.6. The summed E-state index contributed by atoms with van der Waals surface area (Å²) in [5.74, 6) is 5.08. The first-order chi connectivity index (χ1) is 8.65. The van der Waals surface area contributed by atoms with Crippen LogP contribution in [0, 0.1) is 10.1 Å². The number of hydrazine groups is 1. The van der Waals surface area contributed by atoms with E-state index in [9.17, 15) is 14.9 Å². The molecule has 0 atom stereocenters. The van der Waals surface area contributed by atoms with Crippen molar-refractivity contribution in [3.63, 3.8) is 0 Å². The standard InChI is InChI=1S/C11H14N4O3/c12-13-10-8(4-3-5-9(10)15(17)18)11(16)14-6-1-2-7-14/h3-5,13H,1-2,6-7,12H2. The van der Waals surface area contributed by atoms with Gasteiger partial charge < -0.3 is 10.3 Å². The molecule has 96 valence electrons. The van der Waals surface area contributed by atoms with Crippen LogP contribution < -0.4 is 11.3 Å². The predicted octanol–water partition coefficient (Wildman–Crippen LogP) is 1.12. The van der Waals surface area contributed by atoms with Gasteiger partial charge in [-0.1, -0.05) is 6.07 Å². The molecule has 0 unspecified atom stereocenters. The second kappa shape index (κ2) is 5.01. The lowest BCUT2D eigenvalue weighted by Crippen LogP contribution is -2.29. The van der Waals surface area contributed by atoms with Gasteiger partial charge in [0.1, 0.15) is 5.69 Å². The third kappa shape index (κ3) is 2.12. The Morgan fingerprint density at radius 3 is 2.61 bits per heavy atom. The van der Waals surface area contributed by atoms with Gasteiger partial charge in [0.25, 0.3) is 11.6 Å². The van der Waals surface area contributed by atoms with Crippen LogP contribution in [0.1, 0.15) is 23.2 Å². The zero-order valence-corrected chi connectivity index (χ0v) is 9.76. The van der Waals surface area contributed by atoms with Gasteiger partial charge >= 0.3 is 0 Å². The van der Waals surface area contributed by atoms with Gasteiger partial charge in [-0.25, -0.2) is 0 Å². The maximum Gasteiger partial charge on any atom is 0.294 e. The minimum Gasteiger partial charge on any atom is -0.339 e. The first-order valence-electron chi connectivity index (χ1n) is 5.68. The molecule has 1 amide bonds. The molecule has 0 bridgehead atoms. The summed E-state index contributed by atoms with van der Waals surface area (Å²) in [6.45, 7) is 1.37. The lowest BCUT2D eigenvalue weighted by molar-refractivity contribution is -0.384. The number of carbonyl (C=O) groups is 1. The fraction of sp³-hybridized carbons (Fsp3) is 0.364. The lowest BCUT2D eigenvalue weighted by atomic mass is 10.1. The number of nitrogens with one attached hydrogen (secondary N) is 1. The molecule has 1 saturated heterocycles. The largest absolute Gasteiger partial charge is 0.339 e. The summed E-state index contributed by atoms with van der Waals surface area (Å²) in [4.78, 5) is 24.2. The Labute approximate surface area is 104 Å². The molecule has 1 heterocycles. The minimum absolute atomic E-state index is 0.0689. The zero-order valence-electron chi connectivity index (χ0n) is 9.76. The third-order valence-corrected chi connectivity index (χ3v) is 3.01. The molecule has 0 aromatic heterocycles. The van der Waals surface area contributed by atoms with Gasteiger partial charge in [0.2, 0.25) is 0 Å². The van der Waals surface area contributed by atoms with E-state index in [-0.39, 0.29) is 22.8 Å². The molecule has 7 nitrogen and oxygen atoms in total. The van der Waals surface area contributed by atoms with Crippen molar-refractivity contribution in [1.82, 2.24) is 4.90 Å². The molecule has 2 rings (SSSR count). The summed E-state index contributed by atoms with van der Waals surface area (Å²) in [6, 6.07) is 4.35. The number of amides is 1. The molecule has 0 radical (unpaired) electrons. The van der Waals surface area contributed by atoms with Crippen molar-refractivity contribution in [3.8, 4) is 0 Å². The van der Waals surface area contributed by atoms with Gasteiger partial charge in [-0.2, -0.15) is 0 Å².